The number of hydrogen-bond donors (Lipinski definition) is 2. The first-order valence-corrected chi connectivity index (χ1v) is 15.7. The van der Waals surface area contributed by atoms with Gasteiger partial charge in [0.25, 0.3) is 11.5 Å². The van der Waals surface area contributed by atoms with E-state index < -0.39 is 29.3 Å². The Kier molecular flexibility index (Phi) is 9.47. The minimum Gasteiger partial charge on any atom is -0.491 e. The van der Waals surface area contributed by atoms with E-state index in [2.05, 4.69) is 10.3 Å². The molecule has 3 N–H and O–H groups in total. The first-order valence-electron chi connectivity index (χ1n) is 15.7. The lowest BCUT2D eigenvalue weighted by atomic mass is 10.1. The van der Waals surface area contributed by atoms with E-state index in [-0.39, 0.29) is 42.4 Å². The largest absolute Gasteiger partial charge is 0.491 e. The number of esters is 1. The molecule has 0 aliphatic carbocycles. The summed E-state index contributed by atoms with van der Waals surface area (Å²) in [6.45, 7) is 5.64. The predicted octanol–water partition coefficient (Wildman–Crippen LogP) is 4.95. The molecule has 5 aromatic rings. The van der Waals surface area contributed by atoms with Crippen LogP contribution in [0.15, 0.2) is 77.7 Å². The predicted molar refractivity (Wildman–Crippen MR) is 180 cm³/mol. The summed E-state index contributed by atoms with van der Waals surface area (Å²) in [4.78, 5) is 42.7. The first kappa shape index (κ1) is 33.4. The van der Waals surface area contributed by atoms with Crippen molar-refractivity contribution in [3.63, 3.8) is 0 Å². The van der Waals surface area contributed by atoms with Crippen LogP contribution in [0.2, 0.25) is 0 Å². The molecule has 3 heterocycles. The van der Waals surface area contributed by atoms with E-state index >= 15 is 4.39 Å². The molecule has 2 aromatic heterocycles. The first-order chi connectivity index (χ1) is 23.5. The lowest BCUT2D eigenvalue weighted by Crippen LogP contribution is -2.32. The van der Waals surface area contributed by atoms with Crippen molar-refractivity contribution in [1.82, 2.24) is 14.3 Å². The smallest absolute Gasteiger partial charge is 0.322 e. The van der Waals surface area contributed by atoms with Gasteiger partial charge in [-0.3, -0.25) is 24.0 Å². The van der Waals surface area contributed by atoms with Gasteiger partial charge >= 0.3 is 5.97 Å². The van der Waals surface area contributed by atoms with Gasteiger partial charge in [0.05, 0.1) is 29.6 Å². The molecule has 0 bridgehead atoms. The molecule has 1 saturated heterocycles. The Morgan fingerprint density at radius 2 is 1.86 bits per heavy atom. The number of amides is 1. The molecule has 0 saturated carbocycles. The van der Waals surface area contributed by atoms with Crippen LogP contribution in [0.5, 0.6) is 17.2 Å². The van der Waals surface area contributed by atoms with Gasteiger partial charge in [0.1, 0.15) is 35.8 Å². The minimum absolute atomic E-state index is 0.0447. The van der Waals surface area contributed by atoms with Gasteiger partial charge in [-0.15, -0.1) is 0 Å². The van der Waals surface area contributed by atoms with Crippen molar-refractivity contribution in [2.75, 3.05) is 18.5 Å². The van der Waals surface area contributed by atoms with E-state index in [1.54, 1.807) is 68.2 Å². The Morgan fingerprint density at radius 1 is 1.08 bits per heavy atom. The normalized spacial score (nSPS) is 16.4. The average molecular weight is 670 g/mol. The van der Waals surface area contributed by atoms with E-state index in [0.29, 0.717) is 40.2 Å². The Hall–Kier alpha value is -5.53. The maximum absolute atomic E-state index is 15.3. The fourth-order valence-corrected chi connectivity index (χ4v) is 5.63. The zero-order chi connectivity index (χ0) is 34.8. The van der Waals surface area contributed by atoms with Gasteiger partial charge in [-0.05, 0) is 62.7 Å². The summed E-state index contributed by atoms with van der Waals surface area (Å²) in [6, 6.07) is 17.5. The number of carbonyl (C=O) groups is 2. The maximum Gasteiger partial charge on any atom is 0.322 e. The van der Waals surface area contributed by atoms with Gasteiger partial charge in [0, 0.05) is 42.9 Å². The molecular weight excluding hydrogens is 633 g/mol. The van der Waals surface area contributed by atoms with Gasteiger partial charge in [-0.2, -0.15) is 0 Å². The molecule has 3 aromatic carbocycles. The zero-order valence-corrected chi connectivity index (χ0v) is 27.4. The highest BCUT2D eigenvalue weighted by atomic mass is 19.1. The number of rotatable bonds is 10. The minimum atomic E-state index is -0.715. The van der Waals surface area contributed by atoms with Crippen LogP contribution < -0.4 is 26.1 Å². The summed E-state index contributed by atoms with van der Waals surface area (Å²) in [6.07, 6.45) is 1.41. The number of nitrogens with zero attached hydrogens (tertiary/aromatic N) is 3. The molecular formula is C36H36FN5O7. The number of nitrogens with two attached hydrogens (primary N) is 1. The molecule has 1 aliphatic rings. The molecule has 254 valence electrons. The van der Waals surface area contributed by atoms with Gasteiger partial charge in [0.15, 0.2) is 11.6 Å². The van der Waals surface area contributed by atoms with Crippen LogP contribution in [0, 0.1) is 19.7 Å². The summed E-state index contributed by atoms with van der Waals surface area (Å²) in [5.41, 5.74) is 7.64. The molecule has 0 radical (unpaired) electrons. The second kappa shape index (κ2) is 13.9. The molecule has 1 amide bonds. The third-order valence-corrected chi connectivity index (χ3v) is 8.31. The zero-order valence-electron chi connectivity index (χ0n) is 27.4. The molecule has 0 unspecified atom stereocenters. The van der Waals surface area contributed by atoms with Crippen molar-refractivity contribution in [3.05, 3.63) is 106 Å². The summed E-state index contributed by atoms with van der Waals surface area (Å²) in [7, 11) is 1.69. The van der Waals surface area contributed by atoms with Gasteiger partial charge < -0.3 is 30.0 Å². The molecule has 6 rings (SSSR count). The van der Waals surface area contributed by atoms with Crippen molar-refractivity contribution >= 4 is 28.5 Å². The van der Waals surface area contributed by atoms with Gasteiger partial charge in [-0.1, -0.05) is 18.2 Å². The van der Waals surface area contributed by atoms with Crippen LogP contribution in [0.3, 0.4) is 0 Å². The summed E-state index contributed by atoms with van der Waals surface area (Å²) >= 11 is 0. The fourth-order valence-electron chi connectivity index (χ4n) is 5.63. The van der Waals surface area contributed by atoms with Gasteiger partial charge in [-0.25, -0.2) is 9.07 Å². The molecule has 3 atom stereocenters. The summed E-state index contributed by atoms with van der Waals surface area (Å²) < 4.78 is 41.4. The Morgan fingerprint density at radius 3 is 2.59 bits per heavy atom. The topological polar surface area (TPSA) is 149 Å². The van der Waals surface area contributed by atoms with Crippen LogP contribution in [-0.4, -0.2) is 57.7 Å². The number of nitrogens with one attached hydrogen (secondary N) is 1. The number of benzene rings is 3. The molecule has 0 spiro atoms. The number of para-hydroxylation sites is 1. The lowest BCUT2D eigenvalue weighted by Gasteiger charge is -2.16. The number of fused-ring (bicyclic) bond motifs is 1. The third kappa shape index (κ3) is 7.03. The molecule has 49 heavy (non-hydrogen) atoms. The van der Waals surface area contributed by atoms with E-state index in [4.69, 9.17) is 24.7 Å². The number of anilines is 1. The van der Waals surface area contributed by atoms with Crippen LogP contribution >= 0.6 is 0 Å². The Balaban J connectivity index is 1.13. The highest BCUT2D eigenvalue weighted by molar-refractivity contribution is 6.05. The number of aromatic nitrogens is 3. The highest BCUT2D eigenvalue weighted by Crippen LogP contribution is 2.35. The SMILES string of the molecule is Cc1cc2c(Oc3ccc(NC(=O)c4c(C)n(C)n(-c5ccccc5)c4=O)cc3F)ccnc2cc1OC[C@H]1C[C@H](OC(=O)[C@H](C)N)CO1. The maximum atomic E-state index is 15.3. The number of carbonyl (C=O) groups excluding carboxylic acids is 2. The number of ether oxygens (including phenoxy) is 4. The van der Waals surface area contributed by atoms with Crippen molar-refractivity contribution in [1.29, 1.82) is 0 Å². The third-order valence-electron chi connectivity index (χ3n) is 8.31. The van der Waals surface area contributed by atoms with Crippen LogP contribution in [0.4, 0.5) is 10.1 Å². The van der Waals surface area contributed by atoms with E-state index in [1.165, 1.54) is 16.8 Å². The number of aryl methyl sites for hydroxylation is 1. The number of hydrogen-bond acceptors (Lipinski definition) is 9. The second-order valence-electron chi connectivity index (χ2n) is 11.9. The van der Waals surface area contributed by atoms with Crippen LogP contribution in [-0.2, 0) is 21.3 Å². The second-order valence-corrected chi connectivity index (χ2v) is 11.9. The quantitative estimate of drug-likeness (QED) is 0.197. The average Bonchev–Trinajstić information content (AvgIpc) is 3.61. The van der Waals surface area contributed by atoms with E-state index in [9.17, 15) is 14.4 Å². The molecule has 1 fully saturated rings. The number of pyridine rings is 1. The standard InChI is InChI=1S/C36H36FN5O7/c1-20-14-27-29(17-32(20)47-18-25-16-26(19-46-25)48-36(45)21(2)38)39-13-12-30(27)49-31-11-10-23(15-28(31)37)40-34(43)33-22(3)41(4)42(35(33)44)24-8-6-5-7-9-24/h5-15,17,21,25-26H,16,18-19,38H2,1-4H3,(H,40,43)/t21-,25+,26-/m0/s1. The van der Waals surface area contributed by atoms with Gasteiger partial charge in [0.2, 0.25) is 0 Å². The van der Waals surface area contributed by atoms with Crippen LogP contribution in [0.25, 0.3) is 16.6 Å². The highest BCUT2D eigenvalue weighted by Gasteiger charge is 2.30. The Bertz CT molecular complexity index is 2090. The Labute approximate surface area is 281 Å². The summed E-state index contributed by atoms with van der Waals surface area (Å²) in [5.74, 6) is -0.947. The lowest BCUT2D eigenvalue weighted by molar-refractivity contribution is -0.150. The molecule has 13 heteroatoms. The summed E-state index contributed by atoms with van der Waals surface area (Å²) in [5, 5.41) is 3.27. The van der Waals surface area contributed by atoms with Crippen molar-refractivity contribution in [3.8, 4) is 22.9 Å². The molecule has 12 nitrogen and oxygen atoms in total. The van der Waals surface area contributed by atoms with E-state index in [1.807, 2.05) is 19.1 Å². The van der Waals surface area contributed by atoms with Crippen LogP contribution in [0.1, 0.15) is 35.0 Å². The molecule has 1 aliphatic heterocycles. The van der Waals surface area contributed by atoms with Crippen molar-refractivity contribution < 1.29 is 32.9 Å². The number of halogens is 1. The van der Waals surface area contributed by atoms with Crippen molar-refractivity contribution in [2.24, 2.45) is 12.8 Å². The van der Waals surface area contributed by atoms with Crippen molar-refractivity contribution in [2.45, 2.75) is 45.4 Å². The fraction of sp³-hybridized carbons (Fsp3) is 0.278. The van der Waals surface area contributed by atoms with E-state index in [0.717, 1.165) is 11.6 Å². The monoisotopic (exact) mass is 669 g/mol.